The number of furan rings is 1. The Bertz CT molecular complexity index is 1590. The first-order chi connectivity index (χ1) is 16.5. The molecule has 8 heteroatoms. The van der Waals surface area contributed by atoms with Gasteiger partial charge in [0.1, 0.15) is 11.5 Å². The third kappa shape index (κ3) is 3.99. The molecule has 1 aliphatic heterocycles. The summed E-state index contributed by atoms with van der Waals surface area (Å²) < 4.78 is 14.0. The van der Waals surface area contributed by atoms with Crippen molar-refractivity contribution in [3.63, 3.8) is 0 Å². The van der Waals surface area contributed by atoms with Crippen LogP contribution in [0.3, 0.4) is 0 Å². The molecule has 2 aromatic carbocycles. The van der Waals surface area contributed by atoms with E-state index in [9.17, 15) is 9.59 Å². The summed E-state index contributed by atoms with van der Waals surface area (Å²) in [5.41, 5.74) is 2.38. The molecule has 6 nitrogen and oxygen atoms in total. The Labute approximate surface area is 207 Å². The van der Waals surface area contributed by atoms with E-state index in [-0.39, 0.29) is 5.56 Å². The number of ether oxygens (including phenoxy) is 1. The second-order valence-corrected chi connectivity index (χ2v) is 9.62. The second kappa shape index (κ2) is 9.04. The number of rotatable bonds is 4. The Hall–Kier alpha value is -3.49. The van der Waals surface area contributed by atoms with Crippen molar-refractivity contribution in [1.82, 2.24) is 4.57 Å². The Morgan fingerprint density at radius 1 is 1.12 bits per heavy atom. The van der Waals surface area contributed by atoms with Gasteiger partial charge < -0.3 is 9.15 Å². The number of nitrogens with zero attached hydrogens (tertiary/aromatic N) is 2. The summed E-state index contributed by atoms with van der Waals surface area (Å²) in [5.74, 6) is 0.760. The van der Waals surface area contributed by atoms with Crippen LogP contribution in [0.15, 0.2) is 96.7 Å². The van der Waals surface area contributed by atoms with Crippen LogP contribution < -0.4 is 14.9 Å². The summed E-state index contributed by atoms with van der Waals surface area (Å²) in [5, 5.41) is 0. The molecule has 0 unspecified atom stereocenters. The molecule has 0 radical (unpaired) electrons. The zero-order chi connectivity index (χ0) is 23.8. The Morgan fingerprint density at radius 2 is 1.85 bits per heavy atom. The molecule has 0 spiro atoms. The van der Waals surface area contributed by atoms with Crippen LogP contribution >= 0.6 is 27.3 Å². The van der Waals surface area contributed by atoms with Crippen molar-refractivity contribution in [2.45, 2.75) is 13.0 Å². The lowest BCUT2D eigenvalue weighted by molar-refractivity contribution is -0.136. The molecule has 4 aromatic rings. The summed E-state index contributed by atoms with van der Waals surface area (Å²) in [6.45, 7) is 1.76. The van der Waals surface area contributed by atoms with Gasteiger partial charge >= 0.3 is 5.97 Å². The van der Waals surface area contributed by atoms with Gasteiger partial charge in [-0.05, 0) is 36.8 Å². The van der Waals surface area contributed by atoms with E-state index in [1.54, 1.807) is 17.6 Å². The van der Waals surface area contributed by atoms with Crippen molar-refractivity contribution in [2.75, 3.05) is 7.11 Å². The predicted molar refractivity (Wildman–Crippen MR) is 134 cm³/mol. The molecule has 5 rings (SSSR count). The van der Waals surface area contributed by atoms with E-state index < -0.39 is 12.0 Å². The highest BCUT2D eigenvalue weighted by molar-refractivity contribution is 9.10. The van der Waals surface area contributed by atoms with Gasteiger partial charge in [-0.2, -0.15) is 0 Å². The lowest BCUT2D eigenvalue weighted by Gasteiger charge is -2.24. The number of thiazole rings is 1. The summed E-state index contributed by atoms with van der Waals surface area (Å²) in [6, 6.07) is 20.3. The van der Waals surface area contributed by atoms with Crippen LogP contribution in [0.25, 0.3) is 17.4 Å². The van der Waals surface area contributed by atoms with E-state index in [2.05, 4.69) is 20.9 Å². The van der Waals surface area contributed by atoms with Crippen LogP contribution in [0.2, 0.25) is 0 Å². The van der Waals surface area contributed by atoms with Crippen molar-refractivity contribution in [3.05, 3.63) is 113 Å². The topological polar surface area (TPSA) is 73.8 Å². The van der Waals surface area contributed by atoms with Gasteiger partial charge in [-0.1, -0.05) is 69.7 Å². The van der Waals surface area contributed by atoms with Crippen molar-refractivity contribution in [3.8, 4) is 11.3 Å². The van der Waals surface area contributed by atoms with Gasteiger partial charge in [-0.3, -0.25) is 9.36 Å². The quantitative estimate of drug-likeness (QED) is 0.363. The molecule has 1 aliphatic rings. The first kappa shape index (κ1) is 22.3. The van der Waals surface area contributed by atoms with E-state index in [0.717, 1.165) is 15.6 Å². The van der Waals surface area contributed by atoms with E-state index in [0.29, 0.717) is 32.1 Å². The normalized spacial score (nSPS) is 15.7. The molecule has 0 fully saturated rings. The first-order valence-corrected chi connectivity index (χ1v) is 12.1. The molecule has 0 amide bonds. The first-order valence-electron chi connectivity index (χ1n) is 10.5. The predicted octanol–water partition coefficient (Wildman–Crippen LogP) is 4.43. The van der Waals surface area contributed by atoms with Crippen molar-refractivity contribution < 1.29 is 13.9 Å². The maximum Gasteiger partial charge on any atom is 0.338 e. The fourth-order valence-corrected chi connectivity index (χ4v) is 5.26. The van der Waals surface area contributed by atoms with E-state index in [1.165, 1.54) is 18.4 Å². The smallest absolute Gasteiger partial charge is 0.338 e. The van der Waals surface area contributed by atoms with Crippen LogP contribution in [0.5, 0.6) is 0 Å². The van der Waals surface area contributed by atoms with Gasteiger partial charge in [0.2, 0.25) is 0 Å². The Morgan fingerprint density at radius 3 is 2.56 bits per heavy atom. The number of aromatic nitrogens is 1. The molecular weight excluding hydrogens is 516 g/mol. The number of carbonyl (C=O) groups excluding carboxylic acids is 1. The SMILES string of the molecule is COC(=O)C1=C(C)N=c2sc(=Cc3ccc(-c4ccc(Br)cc4)o3)c(=O)n2[C@H]1c1ccccc1. The van der Waals surface area contributed by atoms with Gasteiger partial charge in [-0.25, -0.2) is 9.79 Å². The number of carbonyl (C=O) groups is 1. The average Bonchev–Trinajstić information content (AvgIpc) is 3.43. The van der Waals surface area contributed by atoms with Crippen molar-refractivity contribution in [2.24, 2.45) is 4.99 Å². The third-order valence-corrected chi connectivity index (χ3v) is 7.08. The van der Waals surface area contributed by atoms with Crippen molar-refractivity contribution >= 4 is 39.3 Å². The molecule has 0 bridgehead atoms. The maximum absolute atomic E-state index is 13.5. The van der Waals surface area contributed by atoms with Gasteiger partial charge in [0.05, 0.1) is 29.0 Å². The van der Waals surface area contributed by atoms with Gasteiger partial charge in [0, 0.05) is 16.1 Å². The monoisotopic (exact) mass is 534 g/mol. The summed E-state index contributed by atoms with van der Waals surface area (Å²) in [6.07, 6.45) is 1.71. The fraction of sp³-hybridized carbons (Fsp3) is 0.115. The summed E-state index contributed by atoms with van der Waals surface area (Å²) >= 11 is 4.70. The van der Waals surface area contributed by atoms with Crippen LogP contribution in [0, 0.1) is 0 Å². The lowest BCUT2D eigenvalue weighted by atomic mass is 9.96. The molecule has 0 N–H and O–H groups in total. The molecule has 3 heterocycles. The fourth-order valence-electron chi connectivity index (χ4n) is 3.97. The van der Waals surface area contributed by atoms with E-state index >= 15 is 0 Å². The molecular formula is C26H19BrN2O4S. The van der Waals surface area contributed by atoms with Crippen LogP contribution in [-0.2, 0) is 9.53 Å². The van der Waals surface area contributed by atoms with E-state index in [1.807, 2.05) is 66.7 Å². The van der Waals surface area contributed by atoms with Gasteiger partial charge in [0.15, 0.2) is 4.80 Å². The van der Waals surface area contributed by atoms with E-state index in [4.69, 9.17) is 9.15 Å². The Kier molecular flexibility index (Phi) is 5.93. The number of halogens is 1. The highest BCUT2D eigenvalue weighted by Crippen LogP contribution is 2.30. The molecule has 0 saturated heterocycles. The number of hydrogen-bond donors (Lipinski definition) is 0. The molecule has 0 aliphatic carbocycles. The minimum absolute atomic E-state index is 0.243. The molecule has 1 atom stereocenters. The Balaban J connectivity index is 1.63. The van der Waals surface area contributed by atoms with Gasteiger partial charge in [-0.15, -0.1) is 0 Å². The number of methoxy groups -OCH3 is 1. The average molecular weight is 535 g/mol. The summed E-state index contributed by atoms with van der Waals surface area (Å²) in [4.78, 5) is 31.3. The third-order valence-electron chi connectivity index (χ3n) is 5.57. The second-order valence-electron chi connectivity index (χ2n) is 7.69. The molecule has 170 valence electrons. The number of benzene rings is 2. The zero-order valence-electron chi connectivity index (χ0n) is 18.3. The highest BCUT2D eigenvalue weighted by Gasteiger charge is 2.32. The molecule has 0 saturated carbocycles. The lowest BCUT2D eigenvalue weighted by Crippen LogP contribution is -2.39. The number of esters is 1. The molecule has 34 heavy (non-hydrogen) atoms. The number of allylic oxidation sites excluding steroid dienone is 1. The summed E-state index contributed by atoms with van der Waals surface area (Å²) in [7, 11) is 1.33. The standard InChI is InChI=1S/C26H19BrN2O4S/c1-15-22(25(31)32-2)23(17-6-4-3-5-7-17)29-24(30)21(34-26(29)28-15)14-19-12-13-20(33-19)16-8-10-18(27)11-9-16/h3-14,23H,1-2H3/t23-/m0/s1. The van der Waals surface area contributed by atoms with Crippen molar-refractivity contribution in [1.29, 1.82) is 0 Å². The largest absolute Gasteiger partial charge is 0.466 e. The zero-order valence-corrected chi connectivity index (χ0v) is 20.7. The van der Waals surface area contributed by atoms with Gasteiger partial charge in [0.25, 0.3) is 5.56 Å². The minimum Gasteiger partial charge on any atom is -0.466 e. The highest BCUT2D eigenvalue weighted by atomic mass is 79.9. The number of hydrogen-bond acceptors (Lipinski definition) is 6. The molecule has 2 aromatic heterocycles. The van der Waals surface area contributed by atoms with Crippen LogP contribution in [0.4, 0.5) is 0 Å². The minimum atomic E-state index is -0.623. The van der Waals surface area contributed by atoms with Crippen LogP contribution in [0.1, 0.15) is 24.3 Å². The maximum atomic E-state index is 13.5. The van der Waals surface area contributed by atoms with Crippen LogP contribution in [-0.4, -0.2) is 17.6 Å². The number of fused-ring (bicyclic) bond motifs is 1.